The average molecular weight is 447 g/mol. The van der Waals surface area contributed by atoms with Gasteiger partial charge < -0.3 is 4.74 Å². The zero-order valence-electron chi connectivity index (χ0n) is 16.8. The maximum Gasteiger partial charge on any atom is 0.273 e. The van der Waals surface area contributed by atoms with Crippen molar-refractivity contribution in [3.8, 4) is 5.75 Å². The third-order valence-electron chi connectivity index (χ3n) is 4.24. The normalized spacial score (nSPS) is 11.0. The quantitative estimate of drug-likeness (QED) is 0.484. The van der Waals surface area contributed by atoms with Crippen LogP contribution in [0.2, 0.25) is 0 Å². The summed E-state index contributed by atoms with van der Waals surface area (Å²) in [6.45, 7) is 8.94. The van der Waals surface area contributed by atoms with E-state index in [1.54, 1.807) is 24.3 Å². The number of nitrogens with one attached hydrogen (secondary N) is 2. The largest absolute Gasteiger partial charge is 0.493 e. The Bertz CT molecular complexity index is 827. The molecule has 0 fully saturated rings. The highest BCUT2D eigenvalue weighted by Gasteiger charge is 2.16. The van der Waals surface area contributed by atoms with E-state index >= 15 is 0 Å². The molecule has 0 aliphatic rings. The van der Waals surface area contributed by atoms with Crippen LogP contribution in [-0.2, 0) is 5.41 Å². The number of halogens is 1. The standard InChI is InChI=1S/C22H27BrN2O3/c1-5-6-13-28-19-12-11-17(23)14-18(19)21(27)25-24-20(26)15-7-9-16(10-8-15)22(2,3)4/h7-12,14H,5-6,13H2,1-4H3,(H,24,26)(H,25,27). The molecule has 0 aliphatic heterocycles. The van der Waals surface area contributed by atoms with Gasteiger partial charge in [0.25, 0.3) is 11.8 Å². The lowest BCUT2D eigenvalue weighted by Gasteiger charge is -2.19. The summed E-state index contributed by atoms with van der Waals surface area (Å²) >= 11 is 3.36. The van der Waals surface area contributed by atoms with Crippen molar-refractivity contribution in [3.63, 3.8) is 0 Å². The summed E-state index contributed by atoms with van der Waals surface area (Å²) in [6.07, 6.45) is 1.90. The predicted molar refractivity (Wildman–Crippen MR) is 115 cm³/mol. The van der Waals surface area contributed by atoms with Crippen molar-refractivity contribution in [2.75, 3.05) is 6.61 Å². The molecule has 0 radical (unpaired) electrons. The molecule has 0 unspecified atom stereocenters. The van der Waals surface area contributed by atoms with E-state index in [1.165, 1.54) is 0 Å². The molecule has 6 heteroatoms. The molecule has 2 rings (SSSR count). The van der Waals surface area contributed by atoms with Crippen molar-refractivity contribution in [3.05, 3.63) is 63.6 Å². The molecule has 5 nitrogen and oxygen atoms in total. The minimum absolute atomic E-state index is 0.0120. The topological polar surface area (TPSA) is 67.4 Å². The van der Waals surface area contributed by atoms with Gasteiger partial charge in [-0.05, 0) is 47.7 Å². The third-order valence-corrected chi connectivity index (χ3v) is 4.74. The maximum absolute atomic E-state index is 12.5. The number of rotatable bonds is 6. The van der Waals surface area contributed by atoms with E-state index in [4.69, 9.17) is 4.74 Å². The molecule has 28 heavy (non-hydrogen) atoms. The molecule has 0 bridgehead atoms. The highest BCUT2D eigenvalue weighted by molar-refractivity contribution is 9.10. The molecule has 2 aromatic carbocycles. The fourth-order valence-corrected chi connectivity index (χ4v) is 2.87. The van der Waals surface area contributed by atoms with E-state index in [0.717, 1.165) is 22.9 Å². The Morgan fingerprint density at radius 2 is 1.64 bits per heavy atom. The third kappa shape index (κ3) is 6.09. The molecule has 0 saturated carbocycles. The first-order valence-electron chi connectivity index (χ1n) is 9.36. The van der Waals surface area contributed by atoms with Gasteiger partial charge in [0.2, 0.25) is 0 Å². The fraction of sp³-hybridized carbons (Fsp3) is 0.364. The highest BCUT2D eigenvalue weighted by atomic mass is 79.9. The summed E-state index contributed by atoms with van der Waals surface area (Å²) in [4.78, 5) is 24.9. The average Bonchev–Trinajstić information content (AvgIpc) is 2.66. The van der Waals surface area contributed by atoms with Crippen molar-refractivity contribution in [2.24, 2.45) is 0 Å². The number of benzene rings is 2. The number of carbonyl (C=O) groups excluding carboxylic acids is 2. The van der Waals surface area contributed by atoms with Gasteiger partial charge in [0.05, 0.1) is 12.2 Å². The molecule has 2 aromatic rings. The van der Waals surface area contributed by atoms with E-state index in [-0.39, 0.29) is 11.3 Å². The van der Waals surface area contributed by atoms with Crippen LogP contribution in [-0.4, -0.2) is 18.4 Å². The van der Waals surface area contributed by atoms with Crippen LogP contribution in [0.25, 0.3) is 0 Å². The lowest BCUT2D eigenvalue weighted by atomic mass is 9.87. The first kappa shape index (κ1) is 22.0. The fourth-order valence-electron chi connectivity index (χ4n) is 2.51. The summed E-state index contributed by atoms with van der Waals surface area (Å²) in [7, 11) is 0. The Morgan fingerprint density at radius 1 is 1.00 bits per heavy atom. The number of ether oxygens (including phenoxy) is 1. The van der Waals surface area contributed by atoms with E-state index < -0.39 is 5.91 Å². The summed E-state index contributed by atoms with van der Waals surface area (Å²) < 4.78 is 6.45. The Kier molecular flexibility index (Phi) is 7.63. The van der Waals surface area contributed by atoms with Crippen LogP contribution >= 0.6 is 15.9 Å². The van der Waals surface area contributed by atoms with Gasteiger partial charge in [-0.3, -0.25) is 20.4 Å². The van der Waals surface area contributed by atoms with Gasteiger partial charge in [0.15, 0.2) is 0 Å². The first-order valence-corrected chi connectivity index (χ1v) is 10.1. The second kappa shape index (κ2) is 9.73. The summed E-state index contributed by atoms with van der Waals surface area (Å²) in [5, 5.41) is 0. The zero-order chi connectivity index (χ0) is 20.7. The van der Waals surface area contributed by atoms with Crippen LogP contribution in [0.4, 0.5) is 0 Å². The van der Waals surface area contributed by atoms with E-state index in [2.05, 4.69) is 54.5 Å². The molecule has 150 valence electrons. The molecule has 0 atom stereocenters. The highest BCUT2D eigenvalue weighted by Crippen LogP contribution is 2.24. The van der Waals surface area contributed by atoms with Crippen LogP contribution in [0.1, 0.15) is 66.8 Å². The monoisotopic (exact) mass is 446 g/mol. The minimum atomic E-state index is -0.438. The minimum Gasteiger partial charge on any atom is -0.493 e. The van der Waals surface area contributed by atoms with Gasteiger partial charge in [-0.25, -0.2) is 0 Å². The van der Waals surface area contributed by atoms with Gasteiger partial charge in [-0.15, -0.1) is 0 Å². The number of hydrogen-bond donors (Lipinski definition) is 2. The van der Waals surface area contributed by atoms with Gasteiger partial charge in [0.1, 0.15) is 5.75 Å². The molecule has 0 heterocycles. The molecule has 2 N–H and O–H groups in total. The number of amides is 2. The molecule has 2 amide bonds. The van der Waals surface area contributed by atoms with Crippen molar-refractivity contribution in [2.45, 2.75) is 46.0 Å². The summed E-state index contributed by atoms with van der Waals surface area (Å²) in [5.74, 6) is -0.331. The molecule has 0 spiro atoms. The van der Waals surface area contributed by atoms with Gasteiger partial charge in [-0.1, -0.05) is 62.2 Å². The second-order valence-electron chi connectivity index (χ2n) is 7.58. The van der Waals surface area contributed by atoms with Gasteiger partial charge >= 0.3 is 0 Å². The van der Waals surface area contributed by atoms with E-state index in [9.17, 15) is 9.59 Å². The van der Waals surface area contributed by atoms with E-state index in [1.807, 2.05) is 18.2 Å². The molecular formula is C22H27BrN2O3. The number of carbonyl (C=O) groups is 2. The Balaban J connectivity index is 2.03. The Morgan fingerprint density at radius 3 is 2.25 bits per heavy atom. The van der Waals surface area contributed by atoms with Crippen LogP contribution in [0.15, 0.2) is 46.9 Å². The van der Waals surface area contributed by atoms with Crippen LogP contribution in [0, 0.1) is 0 Å². The summed E-state index contributed by atoms with van der Waals surface area (Å²) in [5.41, 5.74) is 6.90. The summed E-state index contributed by atoms with van der Waals surface area (Å²) in [6, 6.07) is 12.6. The molecule has 0 aliphatic carbocycles. The maximum atomic E-state index is 12.5. The van der Waals surface area contributed by atoms with Crippen LogP contribution < -0.4 is 15.6 Å². The van der Waals surface area contributed by atoms with Gasteiger partial charge in [-0.2, -0.15) is 0 Å². The lowest BCUT2D eigenvalue weighted by molar-refractivity contribution is 0.0844. The Hall–Kier alpha value is -2.34. The predicted octanol–water partition coefficient (Wildman–Crippen LogP) is 5.00. The zero-order valence-corrected chi connectivity index (χ0v) is 18.4. The first-order chi connectivity index (χ1) is 13.2. The second-order valence-corrected chi connectivity index (χ2v) is 8.49. The smallest absolute Gasteiger partial charge is 0.273 e. The number of unbranched alkanes of at least 4 members (excludes halogenated alkanes) is 1. The molecular weight excluding hydrogens is 420 g/mol. The van der Waals surface area contributed by atoms with E-state index in [0.29, 0.717) is 23.5 Å². The lowest BCUT2D eigenvalue weighted by Crippen LogP contribution is -2.41. The Labute approximate surface area is 175 Å². The van der Waals surface area contributed by atoms with Crippen LogP contribution in [0.3, 0.4) is 0 Å². The molecule has 0 saturated heterocycles. The van der Waals surface area contributed by atoms with Crippen LogP contribution in [0.5, 0.6) is 5.75 Å². The van der Waals surface area contributed by atoms with Gasteiger partial charge in [0, 0.05) is 10.0 Å². The van der Waals surface area contributed by atoms with Crippen molar-refractivity contribution in [1.82, 2.24) is 10.9 Å². The number of hydrazine groups is 1. The molecule has 0 aromatic heterocycles. The van der Waals surface area contributed by atoms with Crippen molar-refractivity contribution < 1.29 is 14.3 Å². The van der Waals surface area contributed by atoms with Crippen molar-refractivity contribution >= 4 is 27.7 Å². The SMILES string of the molecule is CCCCOc1ccc(Br)cc1C(=O)NNC(=O)c1ccc(C(C)(C)C)cc1. The van der Waals surface area contributed by atoms with Crippen molar-refractivity contribution in [1.29, 1.82) is 0 Å². The number of hydrogen-bond acceptors (Lipinski definition) is 3.